The molecule has 6 heteroatoms. The molecular weight excluding hydrogens is 254 g/mol. The summed E-state index contributed by atoms with van der Waals surface area (Å²) in [5.74, 6) is 0.448. The molecule has 0 saturated heterocycles. The first-order chi connectivity index (χ1) is 8.50. The van der Waals surface area contributed by atoms with Crippen LogP contribution in [0.1, 0.15) is 30.1 Å². The van der Waals surface area contributed by atoms with Gasteiger partial charge in [0.1, 0.15) is 15.6 Å². The molecule has 1 aromatic rings. The Kier molecular flexibility index (Phi) is 5.27. The molecule has 5 nitrogen and oxygen atoms in total. The third-order valence-corrected chi connectivity index (χ3v) is 4.39. The van der Waals surface area contributed by atoms with Crippen molar-refractivity contribution in [1.29, 1.82) is 0 Å². The van der Waals surface area contributed by atoms with E-state index in [2.05, 4.69) is 4.98 Å². The van der Waals surface area contributed by atoms with Gasteiger partial charge in [0.2, 0.25) is 0 Å². The van der Waals surface area contributed by atoms with Crippen molar-refractivity contribution in [1.82, 2.24) is 4.98 Å². The fourth-order valence-electron chi connectivity index (χ4n) is 1.50. The van der Waals surface area contributed by atoms with Gasteiger partial charge in [-0.1, -0.05) is 6.92 Å². The molecule has 0 unspecified atom stereocenters. The summed E-state index contributed by atoms with van der Waals surface area (Å²) < 4.78 is 27.6. The van der Waals surface area contributed by atoms with Gasteiger partial charge in [0, 0.05) is 18.4 Å². The maximum absolute atomic E-state index is 11.9. The van der Waals surface area contributed by atoms with Gasteiger partial charge >= 0.3 is 0 Å². The van der Waals surface area contributed by atoms with Crippen molar-refractivity contribution in [3.63, 3.8) is 0 Å². The van der Waals surface area contributed by atoms with Crippen molar-refractivity contribution in [2.24, 2.45) is 0 Å². The number of ether oxygens (including phenoxy) is 1. The van der Waals surface area contributed by atoms with Crippen LogP contribution in [0.4, 0.5) is 0 Å². The standard InChI is InChI=1S/C12H17NO4S/c1-3-18(15,16)8-4-5-11(14)10-6-7-13-9-12(10)17-2/h6-7,9H,3-5,8H2,1-2H3. The summed E-state index contributed by atoms with van der Waals surface area (Å²) in [6, 6.07) is 1.58. The number of methoxy groups -OCH3 is 1. The number of nitrogens with zero attached hydrogens (tertiary/aromatic N) is 1. The van der Waals surface area contributed by atoms with Crippen molar-refractivity contribution in [2.75, 3.05) is 18.6 Å². The average Bonchev–Trinajstić information content (AvgIpc) is 2.38. The highest BCUT2D eigenvalue weighted by atomic mass is 32.2. The zero-order valence-corrected chi connectivity index (χ0v) is 11.4. The van der Waals surface area contributed by atoms with Crippen LogP contribution in [-0.4, -0.2) is 37.8 Å². The Bertz CT molecular complexity index is 511. The summed E-state index contributed by atoms with van der Waals surface area (Å²) in [6.45, 7) is 1.60. The predicted octanol–water partition coefficient (Wildman–Crippen LogP) is 1.49. The average molecular weight is 271 g/mol. The van der Waals surface area contributed by atoms with Crippen molar-refractivity contribution in [2.45, 2.75) is 19.8 Å². The lowest BCUT2D eigenvalue weighted by atomic mass is 10.1. The highest BCUT2D eigenvalue weighted by Crippen LogP contribution is 2.18. The van der Waals surface area contributed by atoms with Gasteiger partial charge in [-0.05, 0) is 12.5 Å². The lowest BCUT2D eigenvalue weighted by Crippen LogP contribution is -2.11. The summed E-state index contributed by atoms with van der Waals surface area (Å²) in [6.07, 6.45) is 3.51. The minimum Gasteiger partial charge on any atom is -0.494 e. The zero-order valence-electron chi connectivity index (χ0n) is 10.5. The Hall–Kier alpha value is -1.43. The Morgan fingerprint density at radius 1 is 1.44 bits per heavy atom. The zero-order chi connectivity index (χ0) is 13.6. The normalized spacial score (nSPS) is 11.2. The topological polar surface area (TPSA) is 73.3 Å². The fourth-order valence-corrected chi connectivity index (χ4v) is 2.38. The quantitative estimate of drug-likeness (QED) is 0.702. The highest BCUT2D eigenvalue weighted by molar-refractivity contribution is 7.91. The summed E-state index contributed by atoms with van der Waals surface area (Å²) in [7, 11) is -1.54. The van der Waals surface area contributed by atoms with Gasteiger partial charge in [-0.2, -0.15) is 0 Å². The Morgan fingerprint density at radius 2 is 2.17 bits per heavy atom. The molecule has 0 fully saturated rings. The molecule has 100 valence electrons. The van der Waals surface area contributed by atoms with Gasteiger partial charge in [0.15, 0.2) is 5.78 Å². The van der Waals surface area contributed by atoms with E-state index in [0.717, 1.165) is 0 Å². The molecule has 0 aliphatic heterocycles. The van der Waals surface area contributed by atoms with Gasteiger partial charge in [0.25, 0.3) is 0 Å². The lowest BCUT2D eigenvalue weighted by molar-refractivity contribution is 0.0979. The Labute approximate surface area is 107 Å². The van der Waals surface area contributed by atoms with Crippen LogP contribution in [0.2, 0.25) is 0 Å². The van der Waals surface area contributed by atoms with Crippen LogP contribution in [0.5, 0.6) is 5.75 Å². The molecule has 0 N–H and O–H groups in total. The second-order valence-electron chi connectivity index (χ2n) is 3.84. The first-order valence-electron chi connectivity index (χ1n) is 5.71. The third-order valence-electron chi connectivity index (χ3n) is 2.60. The van der Waals surface area contributed by atoms with E-state index in [9.17, 15) is 13.2 Å². The van der Waals surface area contributed by atoms with Crippen LogP contribution in [-0.2, 0) is 9.84 Å². The molecule has 1 rings (SSSR count). The van der Waals surface area contributed by atoms with E-state index in [1.54, 1.807) is 13.0 Å². The highest BCUT2D eigenvalue weighted by Gasteiger charge is 2.14. The number of ketones is 1. The molecule has 0 aromatic carbocycles. The second kappa shape index (κ2) is 6.49. The minimum absolute atomic E-state index is 0.0443. The van der Waals surface area contributed by atoms with E-state index in [1.165, 1.54) is 19.5 Å². The number of pyridine rings is 1. The predicted molar refractivity (Wildman–Crippen MR) is 68.7 cm³/mol. The van der Waals surface area contributed by atoms with E-state index in [-0.39, 0.29) is 23.7 Å². The van der Waals surface area contributed by atoms with Crippen LogP contribution >= 0.6 is 0 Å². The van der Waals surface area contributed by atoms with Crippen LogP contribution in [0, 0.1) is 0 Å². The molecule has 0 spiro atoms. The molecule has 1 aromatic heterocycles. The molecule has 1 heterocycles. The number of rotatable bonds is 7. The van der Waals surface area contributed by atoms with Gasteiger partial charge in [-0.15, -0.1) is 0 Å². The number of carbonyl (C=O) groups excluding carboxylic acids is 1. The monoisotopic (exact) mass is 271 g/mol. The number of aromatic nitrogens is 1. The minimum atomic E-state index is -3.01. The second-order valence-corrected chi connectivity index (χ2v) is 6.31. The van der Waals surface area contributed by atoms with E-state index < -0.39 is 9.84 Å². The molecule has 0 aliphatic rings. The van der Waals surface area contributed by atoms with Crippen LogP contribution < -0.4 is 4.74 Å². The molecule has 0 aliphatic carbocycles. The summed E-state index contributed by atoms with van der Waals surface area (Å²) in [5.41, 5.74) is 0.446. The molecule has 0 amide bonds. The summed E-state index contributed by atoms with van der Waals surface area (Å²) in [4.78, 5) is 15.8. The molecular formula is C12H17NO4S. The van der Waals surface area contributed by atoms with Gasteiger partial charge in [-0.3, -0.25) is 9.78 Å². The van der Waals surface area contributed by atoms with Crippen molar-refractivity contribution in [3.8, 4) is 5.75 Å². The molecule has 18 heavy (non-hydrogen) atoms. The molecule has 0 radical (unpaired) electrons. The number of hydrogen-bond donors (Lipinski definition) is 0. The van der Waals surface area contributed by atoms with Crippen LogP contribution in [0.3, 0.4) is 0 Å². The van der Waals surface area contributed by atoms with Gasteiger partial charge < -0.3 is 4.74 Å². The van der Waals surface area contributed by atoms with E-state index in [1.807, 2.05) is 0 Å². The first kappa shape index (κ1) is 14.6. The van der Waals surface area contributed by atoms with Crippen molar-refractivity contribution in [3.05, 3.63) is 24.0 Å². The lowest BCUT2D eigenvalue weighted by Gasteiger charge is -2.06. The van der Waals surface area contributed by atoms with Gasteiger partial charge in [-0.25, -0.2) is 8.42 Å². The van der Waals surface area contributed by atoms with Crippen molar-refractivity contribution >= 4 is 15.6 Å². The van der Waals surface area contributed by atoms with Crippen LogP contribution in [0.15, 0.2) is 18.5 Å². The maximum atomic E-state index is 11.9. The molecule has 0 atom stereocenters. The van der Waals surface area contributed by atoms with E-state index in [4.69, 9.17) is 4.74 Å². The molecule has 0 bridgehead atoms. The smallest absolute Gasteiger partial charge is 0.166 e. The molecule has 0 saturated carbocycles. The summed E-state index contributed by atoms with van der Waals surface area (Å²) in [5, 5.41) is 0. The number of Topliss-reactive ketones (excluding diaryl/α,β-unsaturated/α-hetero) is 1. The fraction of sp³-hybridized carbons (Fsp3) is 0.500. The van der Waals surface area contributed by atoms with E-state index in [0.29, 0.717) is 17.7 Å². The van der Waals surface area contributed by atoms with Crippen molar-refractivity contribution < 1.29 is 17.9 Å². The number of hydrogen-bond acceptors (Lipinski definition) is 5. The maximum Gasteiger partial charge on any atom is 0.166 e. The number of sulfone groups is 1. The van der Waals surface area contributed by atoms with Crippen LogP contribution in [0.25, 0.3) is 0 Å². The third kappa shape index (κ3) is 4.10. The Morgan fingerprint density at radius 3 is 2.78 bits per heavy atom. The summed E-state index contributed by atoms with van der Waals surface area (Å²) >= 11 is 0. The first-order valence-corrected chi connectivity index (χ1v) is 7.54. The van der Waals surface area contributed by atoms with E-state index >= 15 is 0 Å². The largest absolute Gasteiger partial charge is 0.494 e. The SMILES string of the molecule is CCS(=O)(=O)CCCC(=O)c1ccncc1OC. The number of carbonyl (C=O) groups is 1. The van der Waals surface area contributed by atoms with Gasteiger partial charge in [0.05, 0.1) is 24.6 Å². The Balaban J connectivity index is 2.61.